The van der Waals surface area contributed by atoms with Crippen LogP contribution < -0.4 is 4.72 Å². The highest BCUT2D eigenvalue weighted by Gasteiger charge is 2.19. The number of H-pyrrole nitrogens is 1. The minimum Gasteiger partial charge on any atom is -0.284 e. The van der Waals surface area contributed by atoms with Crippen molar-refractivity contribution in [2.75, 3.05) is 0 Å². The summed E-state index contributed by atoms with van der Waals surface area (Å²) >= 11 is 5.87. The number of aromatic nitrogens is 2. The summed E-state index contributed by atoms with van der Waals surface area (Å²) in [6.07, 6.45) is 2.58. The van der Waals surface area contributed by atoms with Gasteiger partial charge < -0.3 is 0 Å². The zero-order valence-electron chi connectivity index (χ0n) is 9.59. The zero-order chi connectivity index (χ0) is 13.2. The molecule has 0 radical (unpaired) electrons. The number of sulfonamides is 1. The quantitative estimate of drug-likeness (QED) is 0.903. The fourth-order valence-corrected chi connectivity index (χ4v) is 2.87. The molecule has 18 heavy (non-hydrogen) atoms. The molecule has 1 heterocycles. The first-order valence-electron chi connectivity index (χ1n) is 5.25. The number of benzene rings is 1. The number of hydrogen-bond acceptors (Lipinski definition) is 3. The first-order valence-corrected chi connectivity index (χ1v) is 7.12. The molecule has 1 unspecified atom stereocenters. The predicted octanol–water partition coefficient (Wildman–Crippen LogP) is 2.10. The van der Waals surface area contributed by atoms with Crippen LogP contribution in [0.1, 0.15) is 18.5 Å². The van der Waals surface area contributed by atoms with Crippen LogP contribution in [-0.4, -0.2) is 18.6 Å². The number of halogens is 1. The van der Waals surface area contributed by atoms with E-state index in [0.717, 1.165) is 5.56 Å². The van der Waals surface area contributed by atoms with Crippen LogP contribution in [0.15, 0.2) is 41.6 Å². The molecule has 0 amide bonds. The van der Waals surface area contributed by atoms with Gasteiger partial charge in [0.2, 0.25) is 10.0 Å². The third kappa shape index (κ3) is 2.90. The molecule has 96 valence electrons. The monoisotopic (exact) mass is 285 g/mol. The lowest BCUT2D eigenvalue weighted by molar-refractivity contribution is 0.567. The Labute approximate surface area is 110 Å². The fraction of sp³-hybridized carbons (Fsp3) is 0.182. The first kappa shape index (κ1) is 13.1. The fourth-order valence-electron chi connectivity index (χ4n) is 1.53. The molecule has 0 saturated heterocycles. The van der Waals surface area contributed by atoms with Crippen molar-refractivity contribution >= 4 is 21.6 Å². The summed E-state index contributed by atoms with van der Waals surface area (Å²) in [5.74, 6) is 0. The smallest absolute Gasteiger partial charge is 0.244 e. The second kappa shape index (κ2) is 5.09. The van der Waals surface area contributed by atoms with Gasteiger partial charge in [-0.15, -0.1) is 0 Å². The molecule has 0 aliphatic carbocycles. The van der Waals surface area contributed by atoms with Crippen molar-refractivity contribution in [1.29, 1.82) is 0 Å². The van der Waals surface area contributed by atoms with E-state index in [9.17, 15) is 8.42 Å². The van der Waals surface area contributed by atoms with Crippen LogP contribution in [0.4, 0.5) is 0 Å². The highest BCUT2D eigenvalue weighted by molar-refractivity contribution is 7.89. The Morgan fingerprint density at radius 2 is 2.22 bits per heavy atom. The van der Waals surface area contributed by atoms with E-state index < -0.39 is 10.0 Å². The van der Waals surface area contributed by atoms with Crippen molar-refractivity contribution in [3.05, 3.63) is 47.2 Å². The van der Waals surface area contributed by atoms with Gasteiger partial charge >= 0.3 is 0 Å². The molecule has 0 fully saturated rings. The van der Waals surface area contributed by atoms with Gasteiger partial charge in [0.05, 0.1) is 6.20 Å². The van der Waals surface area contributed by atoms with Gasteiger partial charge in [-0.25, -0.2) is 13.1 Å². The summed E-state index contributed by atoms with van der Waals surface area (Å²) in [5, 5.41) is 6.66. The maximum absolute atomic E-state index is 12.0. The molecule has 0 aliphatic heterocycles. The molecule has 0 bridgehead atoms. The minimum absolute atomic E-state index is 0.108. The summed E-state index contributed by atoms with van der Waals surface area (Å²) in [7, 11) is -3.56. The van der Waals surface area contributed by atoms with Gasteiger partial charge in [-0.2, -0.15) is 5.10 Å². The van der Waals surface area contributed by atoms with Gasteiger partial charge in [-0.05, 0) is 24.6 Å². The summed E-state index contributed by atoms with van der Waals surface area (Å²) in [5.41, 5.74) is 0.801. The lowest BCUT2D eigenvalue weighted by Crippen LogP contribution is -2.26. The molecule has 1 atom stereocenters. The maximum atomic E-state index is 12.0. The van der Waals surface area contributed by atoms with E-state index in [4.69, 9.17) is 11.6 Å². The van der Waals surface area contributed by atoms with Gasteiger partial charge in [0.15, 0.2) is 0 Å². The number of nitrogens with zero attached hydrogens (tertiary/aromatic N) is 1. The van der Waals surface area contributed by atoms with Crippen molar-refractivity contribution in [1.82, 2.24) is 14.9 Å². The molecule has 2 N–H and O–H groups in total. The maximum Gasteiger partial charge on any atom is 0.244 e. The molecule has 0 spiro atoms. The van der Waals surface area contributed by atoms with E-state index >= 15 is 0 Å². The Hall–Kier alpha value is -1.37. The predicted molar refractivity (Wildman–Crippen MR) is 68.8 cm³/mol. The van der Waals surface area contributed by atoms with Gasteiger partial charge in [0.25, 0.3) is 0 Å². The van der Waals surface area contributed by atoms with Crippen molar-refractivity contribution in [3.8, 4) is 0 Å². The molecular formula is C11H12ClN3O2S. The molecule has 5 nitrogen and oxygen atoms in total. The lowest BCUT2D eigenvalue weighted by Gasteiger charge is -2.13. The van der Waals surface area contributed by atoms with Crippen molar-refractivity contribution in [2.24, 2.45) is 0 Å². The molecule has 1 aromatic heterocycles. The molecular weight excluding hydrogens is 274 g/mol. The van der Waals surface area contributed by atoms with E-state index in [1.807, 2.05) is 6.07 Å². The van der Waals surface area contributed by atoms with Crippen molar-refractivity contribution < 1.29 is 8.42 Å². The highest BCUT2D eigenvalue weighted by atomic mass is 35.5. The normalized spacial score (nSPS) is 13.4. The SMILES string of the molecule is CC(NS(=O)(=O)c1cn[nH]c1)c1cccc(Cl)c1. The Morgan fingerprint density at radius 3 is 2.83 bits per heavy atom. The summed E-state index contributed by atoms with van der Waals surface area (Å²) < 4.78 is 26.5. The summed E-state index contributed by atoms with van der Waals surface area (Å²) in [6, 6.07) is 6.69. The Bertz CT molecular complexity index is 625. The molecule has 0 saturated carbocycles. The number of aromatic amines is 1. The Balaban J connectivity index is 2.20. The van der Waals surface area contributed by atoms with Crippen LogP contribution in [0.2, 0.25) is 5.02 Å². The van der Waals surface area contributed by atoms with E-state index in [2.05, 4.69) is 14.9 Å². The van der Waals surface area contributed by atoms with E-state index in [1.165, 1.54) is 12.4 Å². The standard InChI is InChI=1S/C11H12ClN3O2S/c1-8(9-3-2-4-10(12)5-9)15-18(16,17)11-6-13-14-7-11/h2-8,15H,1H3,(H,13,14). The van der Waals surface area contributed by atoms with Crippen molar-refractivity contribution in [3.63, 3.8) is 0 Å². The van der Waals surface area contributed by atoms with Gasteiger partial charge in [0, 0.05) is 17.3 Å². The van der Waals surface area contributed by atoms with E-state index in [-0.39, 0.29) is 10.9 Å². The third-order valence-electron chi connectivity index (χ3n) is 2.46. The largest absolute Gasteiger partial charge is 0.284 e. The van der Waals surface area contributed by atoms with E-state index in [1.54, 1.807) is 25.1 Å². The number of nitrogens with one attached hydrogen (secondary N) is 2. The second-order valence-corrected chi connectivity index (χ2v) is 5.98. The molecule has 2 rings (SSSR count). The minimum atomic E-state index is -3.56. The number of rotatable bonds is 4. The van der Waals surface area contributed by atoms with Gasteiger partial charge in [0.1, 0.15) is 4.90 Å². The number of hydrogen-bond donors (Lipinski definition) is 2. The molecule has 0 aliphatic rings. The highest BCUT2D eigenvalue weighted by Crippen LogP contribution is 2.19. The topological polar surface area (TPSA) is 74.8 Å². The molecule has 7 heteroatoms. The third-order valence-corrected chi connectivity index (χ3v) is 4.21. The van der Waals surface area contributed by atoms with Crippen LogP contribution in [-0.2, 0) is 10.0 Å². The Morgan fingerprint density at radius 1 is 1.44 bits per heavy atom. The van der Waals surface area contributed by atoms with Crippen LogP contribution >= 0.6 is 11.6 Å². The molecule has 2 aromatic rings. The molecule has 1 aromatic carbocycles. The van der Waals surface area contributed by atoms with Crippen LogP contribution in [0, 0.1) is 0 Å². The van der Waals surface area contributed by atoms with E-state index in [0.29, 0.717) is 5.02 Å². The van der Waals surface area contributed by atoms with Crippen LogP contribution in [0.3, 0.4) is 0 Å². The zero-order valence-corrected chi connectivity index (χ0v) is 11.2. The summed E-state index contributed by atoms with van der Waals surface area (Å²) in [6.45, 7) is 1.75. The van der Waals surface area contributed by atoms with Crippen LogP contribution in [0.25, 0.3) is 0 Å². The van der Waals surface area contributed by atoms with Crippen LogP contribution in [0.5, 0.6) is 0 Å². The van der Waals surface area contributed by atoms with Gasteiger partial charge in [-0.3, -0.25) is 5.10 Å². The Kier molecular flexibility index (Phi) is 3.70. The first-order chi connectivity index (χ1) is 8.49. The summed E-state index contributed by atoms with van der Waals surface area (Å²) in [4.78, 5) is 0.108. The second-order valence-electron chi connectivity index (χ2n) is 3.83. The van der Waals surface area contributed by atoms with Crippen molar-refractivity contribution in [2.45, 2.75) is 17.9 Å². The van der Waals surface area contributed by atoms with Gasteiger partial charge in [-0.1, -0.05) is 23.7 Å². The average Bonchev–Trinajstić information content (AvgIpc) is 2.82. The lowest BCUT2D eigenvalue weighted by atomic mass is 10.1. The average molecular weight is 286 g/mol.